The molecule has 0 bridgehead atoms. The molecular formula is C18H18N6O2. The maximum Gasteiger partial charge on any atom is 0.321 e. The van der Waals surface area contributed by atoms with E-state index in [0.717, 1.165) is 17.7 Å². The lowest BCUT2D eigenvalue weighted by atomic mass is 10.1. The van der Waals surface area contributed by atoms with Gasteiger partial charge >= 0.3 is 6.03 Å². The minimum Gasteiger partial charge on any atom is -0.336 e. The fraction of sp³-hybridized carbons (Fsp3) is 0.222. The highest BCUT2D eigenvalue weighted by atomic mass is 16.2. The normalized spacial score (nSPS) is 13.9. The summed E-state index contributed by atoms with van der Waals surface area (Å²) < 4.78 is 1.78. The zero-order valence-electron chi connectivity index (χ0n) is 14.3. The Labute approximate surface area is 149 Å². The number of hydrogen-bond acceptors (Lipinski definition) is 4. The van der Waals surface area contributed by atoms with Gasteiger partial charge in [0.05, 0.1) is 5.52 Å². The first-order chi connectivity index (χ1) is 12.7. The van der Waals surface area contributed by atoms with Crippen molar-refractivity contribution in [2.24, 2.45) is 0 Å². The summed E-state index contributed by atoms with van der Waals surface area (Å²) in [4.78, 5) is 25.8. The molecule has 4 rings (SSSR count). The van der Waals surface area contributed by atoms with Crippen molar-refractivity contribution in [2.75, 3.05) is 23.3 Å². The van der Waals surface area contributed by atoms with Gasteiger partial charge in [0.15, 0.2) is 0 Å². The number of aryl methyl sites for hydroxylation is 1. The number of carbonyl (C=O) groups excluding carboxylic acids is 2. The van der Waals surface area contributed by atoms with Gasteiger partial charge in [-0.2, -0.15) is 0 Å². The number of rotatable bonds is 4. The van der Waals surface area contributed by atoms with E-state index < -0.39 is 0 Å². The standard InChI is InChI=1S/C18H18N6O2/c1-2-24-16-8-3-12(11-15(16)21-22-24)17(25)20-13-4-6-14(7-5-13)23-10-9-19-18(23)26/h3-8,11H,2,9-10H2,1H3,(H,19,26)(H,20,25). The van der Waals surface area contributed by atoms with Gasteiger partial charge in [-0.3, -0.25) is 9.69 Å². The number of amides is 3. The summed E-state index contributed by atoms with van der Waals surface area (Å²) in [5.74, 6) is -0.218. The summed E-state index contributed by atoms with van der Waals surface area (Å²) in [6.45, 7) is 4.00. The van der Waals surface area contributed by atoms with E-state index in [-0.39, 0.29) is 11.9 Å². The first-order valence-electron chi connectivity index (χ1n) is 8.46. The summed E-state index contributed by atoms with van der Waals surface area (Å²) in [5, 5.41) is 13.8. The lowest BCUT2D eigenvalue weighted by molar-refractivity contribution is 0.102. The minimum absolute atomic E-state index is 0.102. The minimum atomic E-state index is -0.218. The molecule has 1 aliphatic heterocycles. The molecule has 1 fully saturated rings. The van der Waals surface area contributed by atoms with Crippen molar-refractivity contribution < 1.29 is 9.59 Å². The molecule has 132 valence electrons. The van der Waals surface area contributed by atoms with E-state index in [1.807, 2.05) is 25.1 Å². The fourth-order valence-corrected chi connectivity index (χ4v) is 2.99. The van der Waals surface area contributed by atoms with Crippen molar-refractivity contribution in [3.63, 3.8) is 0 Å². The largest absolute Gasteiger partial charge is 0.336 e. The van der Waals surface area contributed by atoms with Gasteiger partial charge in [0.1, 0.15) is 5.52 Å². The third kappa shape index (κ3) is 2.85. The Hall–Kier alpha value is -3.42. The Morgan fingerprint density at radius 1 is 1.23 bits per heavy atom. The van der Waals surface area contributed by atoms with Crippen LogP contribution in [0.2, 0.25) is 0 Å². The van der Waals surface area contributed by atoms with Crippen LogP contribution < -0.4 is 15.5 Å². The van der Waals surface area contributed by atoms with Crippen LogP contribution in [0.15, 0.2) is 42.5 Å². The SMILES string of the molecule is CCn1nnc2cc(C(=O)Nc3ccc(N4CCNC4=O)cc3)ccc21. The number of benzene rings is 2. The topological polar surface area (TPSA) is 92.2 Å². The molecule has 3 amide bonds. The molecule has 2 N–H and O–H groups in total. The van der Waals surface area contributed by atoms with E-state index in [2.05, 4.69) is 20.9 Å². The van der Waals surface area contributed by atoms with Crippen LogP contribution in [0.25, 0.3) is 11.0 Å². The highest BCUT2D eigenvalue weighted by Crippen LogP contribution is 2.20. The zero-order valence-corrected chi connectivity index (χ0v) is 14.3. The molecule has 26 heavy (non-hydrogen) atoms. The zero-order chi connectivity index (χ0) is 18.1. The number of fused-ring (bicyclic) bond motifs is 1. The second-order valence-electron chi connectivity index (χ2n) is 5.99. The van der Waals surface area contributed by atoms with Crippen LogP contribution in [-0.4, -0.2) is 40.0 Å². The first-order valence-corrected chi connectivity index (χ1v) is 8.46. The predicted molar refractivity (Wildman–Crippen MR) is 98.3 cm³/mol. The third-order valence-corrected chi connectivity index (χ3v) is 4.37. The molecule has 3 aromatic rings. The Balaban J connectivity index is 1.50. The summed E-state index contributed by atoms with van der Waals surface area (Å²) in [7, 11) is 0. The van der Waals surface area contributed by atoms with E-state index in [9.17, 15) is 9.59 Å². The first kappa shape index (κ1) is 16.1. The van der Waals surface area contributed by atoms with Gasteiger partial charge in [0.25, 0.3) is 5.91 Å². The predicted octanol–water partition coefficient (Wildman–Crippen LogP) is 2.23. The summed E-state index contributed by atoms with van der Waals surface area (Å²) in [6.07, 6.45) is 0. The monoisotopic (exact) mass is 350 g/mol. The van der Waals surface area contributed by atoms with Crippen molar-refractivity contribution in [2.45, 2.75) is 13.5 Å². The Kier molecular flexibility index (Phi) is 4.00. The van der Waals surface area contributed by atoms with E-state index in [1.54, 1.807) is 33.8 Å². The highest BCUT2D eigenvalue weighted by Gasteiger charge is 2.20. The van der Waals surface area contributed by atoms with Crippen LogP contribution in [-0.2, 0) is 6.54 Å². The van der Waals surface area contributed by atoms with Crippen LogP contribution in [0.5, 0.6) is 0 Å². The summed E-state index contributed by atoms with van der Waals surface area (Å²) in [5.41, 5.74) is 3.57. The Bertz CT molecular complexity index is 979. The Morgan fingerprint density at radius 2 is 2.04 bits per heavy atom. The molecule has 0 saturated carbocycles. The third-order valence-electron chi connectivity index (χ3n) is 4.37. The molecule has 2 heterocycles. The molecule has 1 aliphatic rings. The molecule has 1 saturated heterocycles. The quantitative estimate of drug-likeness (QED) is 0.755. The molecule has 1 aromatic heterocycles. The molecule has 0 radical (unpaired) electrons. The van der Waals surface area contributed by atoms with Gasteiger partial charge in [-0.1, -0.05) is 5.21 Å². The molecular weight excluding hydrogens is 332 g/mol. The van der Waals surface area contributed by atoms with Crippen LogP contribution >= 0.6 is 0 Å². The number of nitrogens with one attached hydrogen (secondary N) is 2. The maximum absolute atomic E-state index is 12.5. The summed E-state index contributed by atoms with van der Waals surface area (Å²) in [6, 6.07) is 12.4. The van der Waals surface area contributed by atoms with Crippen molar-refractivity contribution >= 4 is 34.3 Å². The number of anilines is 2. The van der Waals surface area contributed by atoms with Crippen LogP contribution in [0.1, 0.15) is 17.3 Å². The van der Waals surface area contributed by atoms with E-state index >= 15 is 0 Å². The molecule has 8 nitrogen and oxygen atoms in total. The van der Waals surface area contributed by atoms with Gasteiger partial charge in [0, 0.05) is 36.6 Å². The fourth-order valence-electron chi connectivity index (χ4n) is 2.99. The smallest absolute Gasteiger partial charge is 0.321 e. The molecule has 0 aliphatic carbocycles. The lowest BCUT2D eigenvalue weighted by Gasteiger charge is -2.14. The highest BCUT2D eigenvalue weighted by molar-refractivity contribution is 6.06. The van der Waals surface area contributed by atoms with E-state index in [1.165, 1.54) is 0 Å². The molecule has 2 aromatic carbocycles. The van der Waals surface area contributed by atoms with Crippen LogP contribution in [0.4, 0.5) is 16.2 Å². The number of nitrogens with zero attached hydrogens (tertiary/aromatic N) is 4. The van der Waals surface area contributed by atoms with Gasteiger partial charge in [-0.15, -0.1) is 5.10 Å². The van der Waals surface area contributed by atoms with Gasteiger partial charge in [-0.05, 0) is 49.4 Å². The van der Waals surface area contributed by atoms with Crippen molar-refractivity contribution in [3.05, 3.63) is 48.0 Å². The molecule has 0 unspecified atom stereocenters. The van der Waals surface area contributed by atoms with E-state index in [0.29, 0.717) is 29.9 Å². The van der Waals surface area contributed by atoms with Gasteiger partial charge in [-0.25, -0.2) is 9.48 Å². The van der Waals surface area contributed by atoms with E-state index in [4.69, 9.17) is 0 Å². The molecule has 0 atom stereocenters. The van der Waals surface area contributed by atoms with Crippen molar-refractivity contribution in [1.82, 2.24) is 20.3 Å². The maximum atomic E-state index is 12.5. The number of urea groups is 1. The number of carbonyl (C=O) groups is 2. The second kappa shape index (κ2) is 6.47. The van der Waals surface area contributed by atoms with Gasteiger partial charge in [0.2, 0.25) is 0 Å². The average Bonchev–Trinajstić information content (AvgIpc) is 3.27. The number of hydrogen-bond donors (Lipinski definition) is 2. The lowest BCUT2D eigenvalue weighted by Crippen LogP contribution is -2.27. The Morgan fingerprint density at radius 3 is 2.73 bits per heavy atom. The molecule has 0 spiro atoms. The molecule has 8 heteroatoms. The van der Waals surface area contributed by atoms with Crippen LogP contribution in [0.3, 0.4) is 0 Å². The summed E-state index contributed by atoms with van der Waals surface area (Å²) >= 11 is 0. The van der Waals surface area contributed by atoms with Crippen LogP contribution in [0, 0.1) is 0 Å². The average molecular weight is 350 g/mol. The second-order valence-corrected chi connectivity index (χ2v) is 5.99. The van der Waals surface area contributed by atoms with Crippen molar-refractivity contribution in [1.29, 1.82) is 0 Å². The number of aromatic nitrogens is 3. The van der Waals surface area contributed by atoms with Gasteiger partial charge < -0.3 is 10.6 Å². The van der Waals surface area contributed by atoms with Crippen molar-refractivity contribution in [3.8, 4) is 0 Å².